The molecule has 2 aromatic rings. The Kier molecular flexibility index (Phi) is 5.01. The molecule has 114 valence electrons. The zero-order valence-corrected chi connectivity index (χ0v) is 12.4. The van der Waals surface area contributed by atoms with E-state index in [4.69, 9.17) is 5.73 Å². The minimum Gasteiger partial charge on any atom is -0.342 e. The highest BCUT2D eigenvalue weighted by atomic mass is 16.2. The van der Waals surface area contributed by atoms with Crippen LogP contribution in [-0.2, 0) is 4.79 Å². The quantitative estimate of drug-likeness (QED) is 0.822. The van der Waals surface area contributed by atoms with Gasteiger partial charge in [0.25, 0.3) is 5.91 Å². The fourth-order valence-corrected chi connectivity index (χ4v) is 2.36. The van der Waals surface area contributed by atoms with Crippen molar-refractivity contribution in [2.24, 2.45) is 5.73 Å². The number of benzene rings is 2. The summed E-state index contributed by atoms with van der Waals surface area (Å²) < 4.78 is 0. The van der Waals surface area contributed by atoms with Gasteiger partial charge in [-0.05, 0) is 17.9 Å². The molecule has 5 heteroatoms. The Balaban J connectivity index is 2.35. The third kappa shape index (κ3) is 3.20. The molecule has 2 rings (SSSR count). The third-order valence-corrected chi connectivity index (χ3v) is 3.61. The molecule has 0 aliphatic carbocycles. The van der Waals surface area contributed by atoms with Gasteiger partial charge in [0.2, 0.25) is 0 Å². The molecule has 0 aliphatic heterocycles. The third-order valence-electron chi connectivity index (χ3n) is 3.61. The van der Waals surface area contributed by atoms with Gasteiger partial charge in [0, 0.05) is 30.1 Å². The Hall–Kier alpha value is -2.53. The number of rotatable bonds is 6. The molecule has 0 saturated carbocycles. The Bertz CT molecular complexity index is 707. The number of hydrogen-bond acceptors (Lipinski definition) is 4. The van der Waals surface area contributed by atoms with Crippen molar-refractivity contribution in [3.63, 3.8) is 0 Å². The average molecular weight is 298 g/mol. The molecule has 0 spiro atoms. The lowest BCUT2D eigenvalue weighted by Crippen LogP contribution is -2.33. The minimum atomic E-state index is -0.576. The van der Waals surface area contributed by atoms with Crippen LogP contribution >= 0.6 is 0 Å². The maximum Gasteiger partial charge on any atom is 0.254 e. The van der Waals surface area contributed by atoms with Crippen molar-refractivity contribution < 1.29 is 14.4 Å². The summed E-state index contributed by atoms with van der Waals surface area (Å²) >= 11 is 0. The summed E-state index contributed by atoms with van der Waals surface area (Å²) in [5, 5.41) is 1.49. The van der Waals surface area contributed by atoms with Crippen molar-refractivity contribution >= 4 is 29.3 Å². The van der Waals surface area contributed by atoms with Crippen LogP contribution in [0, 0.1) is 0 Å². The summed E-state index contributed by atoms with van der Waals surface area (Å²) in [6, 6.07) is 10.1. The van der Waals surface area contributed by atoms with Gasteiger partial charge in [0.1, 0.15) is 6.29 Å². The molecule has 0 radical (unpaired) electrons. The van der Waals surface area contributed by atoms with Crippen LogP contribution in [0.5, 0.6) is 0 Å². The van der Waals surface area contributed by atoms with Crippen molar-refractivity contribution in [2.45, 2.75) is 12.5 Å². The fraction of sp³-hybridized carbons (Fsp3) is 0.235. The lowest BCUT2D eigenvalue weighted by Gasteiger charge is -2.19. The predicted molar refractivity (Wildman–Crippen MR) is 85.0 cm³/mol. The second kappa shape index (κ2) is 6.95. The van der Waals surface area contributed by atoms with Crippen LogP contribution in [0.3, 0.4) is 0 Å². The van der Waals surface area contributed by atoms with Gasteiger partial charge >= 0.3 is 0 Å². The highest BCUT2D eigenvalue weighted by Crippen LogP contribution is 2.23. The molecule has 1 amide bonds. The van der Waals surface area contributed by atoms with E-state index in [-0.39, 0.29) is 5.91 Å². The second-order valence-corrected chi connectivity index (χ2v) is 5.18. The molecule has 0 aliphatic rings. The van der Waals surface area contributed by atoms with Gasteiger partial charge in [-0.1, -0.05) is 30.3 Å². The Morgan fingerprint density at radius 3 is 2.55 bits per heavy atom. The summed E-state index contributed by atoms with van der Waals surface area (Å²) in [6.07, 6.45) is 1.82. The summed E-state index contributed by atoms with van der Waals surface area (Å²) in [5.74, 6) is -0.196. The van der Waals surface area contributed by atoms with Gasteiger partial charge < -0.3 is 15.4 Å². The number of nitrogens with two attached hydrogens (primary N) is 1. The zero-order valence-electron chi connectivity index (χ0n) is 12.4. The lowest BCUT2D eigenvalue weighted by atomic mass is 9.99. The molecular formula is C17H18N2O3. The van der Waals surface area contributed by atoms with Crippen molar-refractivity contribution in [3.8, 4) is 0 Å². The first-order chi connectivity index (χ1) is 10.6. The van der Waals surface area contributed by atoms with Gasteiger partial charge in [-0.25, -0.2) is 0 Å². The Morgan fingerprint density at radius 2 is 1.91 bits per heavy atom. The highest BCUT2D eigenvalue weighted by molar-refractivity contribution is 6.12. The normalized spacial score (nSPS) is 11.9. The first-order valence-electron chi connectivity index (χ1n) is 7.01. The van der Waals surface area contributed by atoms with Crippen molar-refractivity contribution in [2.75, 3.05) is 13.6 Å². The SMILES string of the molecule is CN(CCC(N)C=O)C(=O)c1cccc2cccc(C=O)c12. The van der Waals surface area contributed by atoms with Crippen LogP contribution in [0.15, 0.2) is 36.4 Å². The standard InChI is InChI=1S/C17H18N2O3/c1-19(9-8-14(18)11-21)17(22)15-7-3-5-12-4-2-6-13(10-20)16(12)15/h2-7,10-11,14H,8-9,18H2,1H3. The van der Waals surface area contributed by atoms with Crippen LogP contribution in [0.4, 0.5) is 0 Å². The maximum atomic E-state index is 12.6. The molecule has 1 unspecified atom stereocenters. The summed E-state index contributed by atoms with van der Waals surface area (Å²) in [7, 11) is 1.65. The summed E-state index contributed by atoms with van der Waals surface area (Å²) in [4.78, 5) is 35.9. The number of carbonyl (C=O) groups is 3. The second-order valence-electron chi connectivity index (χ2n) is 5.18. The van der Waals surface area contributed by atoms with E-state index in [0.29, 0.717) is 35.8 Å². The molecule has 2 aromatic carbocycles. The van der Waals surface area contributed by atoms with Gasteiger partial charge in [-0.2, -0.15) is 0 Å². The number of aldehydes is 2. The van der Waals surface area contributed by atoms with Crippen molar-refractivity contribution in [1.82, 2.24) is 4.90 Å². The molecule has 2 N–H and O–H groups in total. The summed E-state index contributed by atoms with van der Waals surface area (Å²) in [6.45, 7) is 0.373. The molecule has 0 heterocycles. The molecular weight excluding hydrogens is 280 g/mol. The van der Waals surface area contributed by atoms with E-state index >= 15 is 0 Å². The molecule has 0 saturated heterocycles. The fourth-order valence-electron chi connectivity index (χ4n) is 2.36. The van der Waals surface area contributed by atoms with Crippen molar-refractivity contribution in [3.05, 3.63) is 47.5 Å². The molecule has 5 nitrogen and oxygen atoms in total. The topological polar surface area (TPSA) is 80.5 Å². The molecule has 22 heavy (non-hydrogen) atoms. The molecule has 0 fully saturated rings. The Morgan fingerprint density at radius 1 is 1.23 bits per heavy atom. The van der Waals surface area contributed by atoms with E-state index < -0.39 is 6.04 Å². The number of amides is 1. The monoisotopic (exact) mass is 298 g/mol. The smallest absolute Gasteiger partial charge is 0.254 e. The van der Waals surface area contributed by atoms with Crippen LogP contribution in [0.2, 0.25) is 0 Å². The van der Waals surface area contributed by atoms with Gasteiger partial charge in [-0.15, -0.1) is 0 Å². The van der Waals surface area contributed by atoms with Gasteiger partial charge in [-0.3, -0.25) is 9.59 Å². The number of hydrogen-bond donors (Lipinski definition) is 1. The highest BCUT2D eigenvalue weighted by Gasteiger charge is 2.17. The average Bonchev–Trinajstić information content (AvgIpc) is 2.57. The van der Waals surface area contributed by atoms with E-state index in [0.717, 1.165) is 11.7 Å². The predicted octanol–water partition coefficient (Wildman–Crippen LogP) is 1.64. The van der Waals surface area contributed by atoms with E-state index in [9.17, 15) is 14.4 Å². The van der Waals surface area contributed by atoms with E-state index in [2.05, 4.69) is 0 Å². The first kappa shape index (κ1) is 15.9. The van der Waals surface area contributed by atoms with Crippen LogP contribution < -0.4 is 5.73 Å². The van der Waals surface area contributed by atoms with Crippen molar-refractivity contribution in [1.29, 1.82) is 0 Å². The van der Waals surface area contributed by atoms with Gasteiger partial charge in [0.05, 0.1) is 6.04 Å². The minimum absolute atomic E-state index is 0.196. The number of nitrogens with zero attached hydrogens (tertiary/aromatic N) is 1. The molecule has 0 aromatic heterocycles. The van der Waals surface area contributed by atoms with Crippen LogP contribution in [0.25, 0.3) is 10.8 Å². The number of fused-ring (bicyclic) bond motifs is 1. The van der Waals surface area contributed by atoms with Crippen LogP contribution in [0.1, 0.15) is 27.1 Å². The first-order valence-corrected chi connectivity index (χ1v) is 7.01. The number of carbonyl (C=O) groups excluding carboxylic acids is 3. The van der Waals surface area contributed by atoms with E-state index in [1.165, 1.54) is 4.90 Å². The summed E-state index contributed by atoms with van der Waals surface area (Å²) in [5.41, 5.74) is 6.50. The van der Waals surface area contributed by atoms with Gasteiger partial charge in [0.15, 0.2) is 6.29 Å². The maximum absolute atomic E-state index is 12.6. The Labute approximate surface area is 128 Å². The molecule has 1 atom stereocenters. The zero-order chi connectivity index (χ0) is 16.1. The van der Waals surface area contributed by atoms with E-state index in [1.54, 1.807) is 31.3 Å². The molecule has 0 bridgehead atoms. The van der Waals surface area contributed by atoms with E-state index in [1.807, 2.05) is 12.1 Å². The van der Waals surface area contributed by atoms with Crippen LogP contribution in [-0.4, -0.2) is 43.0 Å². The largest absolute Gasteiger partial charge is 0.342 e. The lowest BCUT2D eigenvalue weighted by molar-refractivity contribution is -0.109.